The maximum atomic E-state index is 12.4. The number of guanidine groups is 2. The van der Waals surface area contributed by atoms with Gasteiger partial charge in [0.2, 0.25) is 11.8 Å². The van der Waals surface area contributed by atoms with Gasteiger partial charge in [-0.15, -0.1) is 0 Å². The Hall–Kier alpha value is -3.58. The molecule has 0 bridgehead atoms. The molecule has 0 aromatic heterocycles. The summed E-state index contributed by atoms with van der Waals surface area (Å²) < 4.78 is 0. The molecule has 0 spiro atoms. The maximum absolute atomic E-state index is 12.4. The van der Waals surface area contributed by atoms with Crippen molar-refractivity contribution < 1.29 is 29.4 Å². The van der Waals surface area contributed by atoms with Gasteiger partial charge in [-0.2, -0.15) is 0 Å². The van der Waals surface area contributed by atoms with E-state index in [9.17, 15) is 24.3 Å². The minimum Gasteiger partial charge on any atom is -0.481 e. The van der Waals surface area contributed by atoms with E-state index in [1.165, 1.54) is 0 Å². The summed E-state index contributed by atoms with van der Waals surface area (Å²) in [5, 5.41) is 42.3. The minimum atomic E-state index is -1.40. The van der Waals surface area contributed by atoms with E-state index in [2.05, 4.69) is 21.3 Å². The van der Waals surface area contributed by atoms with Crippen LogP contribution in [0.25, 0.3) is 0 Å². The highest BCUT2D eigenvalue weighted by atomic mass is 16.4. The van der Waals surface area contributed by atoms with E-state index < -0.39 is 42.3 Å². The molecule has 0 aliphatic heterocycles. The number of nitrogens with one attached hydrogen (secondary N) is 6. The van der Waals surface area contributed by atoms with E-state index in [4.69, 9.17) is 27.4 Å². The van der Waals surface area contributed by atoms with Gasteiger partial charge in [-0.25, -0.2) is 4.79 Å². The predicted molar refractivity (Wildman–Crippen MR) is 121 cm³/mol. The van der Waals surface area contributed by atoms with Crippen LogP contribution in [0.5, 0.6) is 0 Å². The zero-order chi connectivity index (χ0) is 25.2. The first-order valence-corrected chi connectivity index (χ1v) is 10.7. The third-order valence-corrected chi connectivity index (χ3v) is 4.53. The normalized spacial score (nSPS) is 12.1. The van der Waals surface area contributed by atoms with Gasteiger partial charge in [-0.05, 0) is 25.7 Å². The first kappa shape index (κ1) is 29.4. The van der Waals surface area contributed by atoms with Crippen LogP contribution >= 0.6 is 0 Å². The number of hydrogen-bond acceptors (Lipinski definition) is 6. The van der Waals surface area contributed by atoms with E-state index in [0.29, 0.717) is 13.0 Å². The Kier molecular flexibility index (Phi) is 15.2. The second-order valence-electron chi connectivity index (χ2n) is 7.46. The highest BCUT2D eigenvalue weighted by Crippen LogP contribution is 2.06. The highest BCUT2D eigenvalue weighted by molar-refractivity contribution is 5.92. The van der Waals surface area contributed by atoms with Crippen LogP contribution in [-0.4, -0.2) is 71.1 Å². The average Bonchev–Trinajstić information content (AvgIpc) is 2.70. The number of aliphatic carboxylic acids is 2. The van der Waals surface area contributed by atoms with E-state index in [-0.39, 0.29) is 37.7 Å². The van der Waals surface area contributed by atoms with E-state index in [0.717, 1.165) is 25.7 Å². The molecule has 0 rings (SSSR count). The van der Waals surface area contributed by atoms with Crippen LogP contribution in [0.3, 0.4) is 0 Å². The van der Waals surface area contributed by atoms with Gasteiger partial charge in [0.05, 0.1) is 6.42 Å². The van der Waals surface area contributed by atoms with Crippen molar-refractivity contribution in [3.8, 4) is 0 Å². The lowest BCUT2D eigenvalue weighted by molar-refractivity contribution is -0.143. The van der Waals surface area contributed by atoms with Crippen molar-refractivity contribution in [2.24, 2.45) is 11.5 Å². The van der Waals surface area contributed by atoms with Crippen LogP contribution in [0.15, 0.2) is 0 Å². The highest BCUT2D eigenvalue weighted by Gasteiger charge is 2.28. The van der Waals surface area contributed by atoms with Crippen molar-refractivity contribution >= 4 is 35.7 Å². The smallest absolute Gasteiger partial charge is 0.326 e. The van der Waals surface area contributed by atoms with E-state index >= 15 is 0 Å². The summed E-state index contributed by atoms with van der Waals surface area (Å²) in [7, 11) is 0. The molecule has 2 amide bonds. The standard InChI is InChI=1S/C19H36N8O6/c20-18(21)24-9-5-3-1-2-4-8-14(28)26-13(11-15(29)30)16(31)27-12(17(32)33)7-6-10-25-19(22)23/h12-13H,1-11H2,(H,26,28)(H,27,31)(H,29,30)(H,32,33)(H4,20,21,24)(H4,22,23,25)/t12-,13-/m0/s1. The van der Waals surface area contributed by atoms with Gasteiger partial charge in [0, 0.05) is 19.5 Å². The quantitative estimate of drug-likeness (QED) is 0.0633. The second kappa shape index (κ2) is 17.0. The van der Waals surface area contributed by atoms with Gasteiger partial charge in [0.1, 0.15) is 12.1 Å². The predicted octanol–water partition coefficient (Wildman–Crippen LogP) is -1.40. The maximum Gasteiger partial charge on any atom is 0.326 e. The van der Waals surface area contributed by atoms with Gasteiger partial charge in [-0.1, -0.05) is 19.3 Å². The Balaban J connectivity index is 4.50. The topological polar surface area (TPSA) is 257 Å². The Labute approximate surface area is 192 Å². The Morgan fingerprint density at radius 3 is 1.85 bits per heavy atom. The van der Waals surface area contributed by atoms with Crippen molar-refractivity contribution in [1.29, 1.82) is 10.8 Å². The molecule has 33 heavy (non-hydrogen) atoms. The van der Waals surface area contributed by atoms with Gasteiger partial charge in [-0.3, -0.25) is 25.2 Å². The fourth-order valence-electron chi connectivity index (χ4n) is 2.87. The molecule has 188 valence electrons. The molecular weight excluding hydrogens is 436 g/mol. The molecule has 0 aromatic rings. The van der Waals surface area contributed by atoms with Gasteiger partial charge in [0.15, 0.2) is 11.9 Å². The third kappa shape index (κ3) is 16.7. The molecule has 0 saturated carbocycles. The van der Waals surface area contributed by atoms with Gasteiger partial charge >= 0.3 is 11.9 Å². The zero-order valence-electron chi connectivity index (χ0n) is 18.6. The lowest BCUT2D eigenvalue weighted by atomic mass is 10.1. The van der Waals surface area contributed by atoms with E-state index in [1.54, 1.807) is 0 Å². The van der Waals surface area contributed by atoms with Crippen LogP contribution in [-0.2, 0) is 19.2 Å². The summed E-state index contributed by atoms with van der Waals surface area (Å²) in [5.41, 5.74) is 10.3. The van der Waals surface area contributed by atoms with Crippen molar-refractivity contribution in [2.45, 2.75) is 69.9 Å². The molecule has 14 nitrogen and oxygen atoms in total. The number of hydrogen-bond donors (Lipinski definition) is 10. The summed E-state index contributed by atoms with van der Waals surface area (Å²) in [6.45, 7) is 0.837. The lowest BCUT2D eigenvalue weighted by Crippen LogP contribution is -2.52. The van der Waals surface area contributed by atoms with E-state index in [1.807, 2.05) is 0 Å². The summed E-state index contributed by atoms with van der Waals surface area (Å²) in [6, 6.07) is -2.68. The number of carboxylic acid groups (broad SMARTS) is 2. The number of unbranched alkanes of at least 4 members (excludes halogenated alkanes) is 4. The van der Waals surface area contributed by atoms with Gasteiger partial charge < -0.3 is 42.9 Å². The van der Waals surface area contributed by atoms with Gasteiger partial charge in [0.25, 0.3) is 0 Å². The second-order valence-corrected chi connectivity index (χ2v) is 7.46. The zero-order valence-corrected chi connectivity index (χ0v) is 18.6. The molecule has 0 radical (unpaired) electrons. The van der Waals surface area contributed by atoms with Crippen molar-refractivity contribution in [3.63, 3.8) is 0 Å². The monoisotopic (exact) mass is 472 g/mol. The summed E-state index contributed by atoms with van der Waals surface area (Å²) >= 11 is 0. The molecular formula is C19H36N8O6. The average molecular weight is 473 g/mol. The molecule has 0 heterocycles. The summed E-state index contributed by atoms with van der Waals surface area (Å²) in [4.78, 5) is 47.1. The number of rotatable bonds is 18. The molecule has 0 aliphatic carbocycles. The Bertz CT molecular complexity index is 687. The number of amides is 2. The largest absolute Gasteiger partial charge is 0.481 e. The fourth-order valence-corrected chi connectivity index (χ4v) is 2.87. The van der Waals surface area contributed by atoms with Crippen LogP contribution in [0.2, 0.25) is 0 Å². The van der Waals surface area contributed by atoms with Crippen LogP contribution in [0, 0.1) is 10.8 Å². The van der Waals surface area contributed by atoms with Crippen molar-refractivity contribution in [1.82, 2.24) is 21.3 Å². The third-order valence-electron chi connectivity index (χ3n) is 4.53. The first-order chi connectivity index (χ1) is 15.5. The lowest BCUT2D eigenvalue weighted by Gasteiger charge is -2.20. The number of carbonyl (C=O) groups is 4. The molecule has 12 N–H and O–H groups in total. The molecule has 0 saturated heterocycles. The SMILES string of the molecule is N=C(N)NCCCCCCCC(=O)N[C@@H](CC(=O)O)C(=O)N[C@@H](CCCNC(=N)N)C(=O)O. The fraction of sp³-hybridized carbons (Fsp3) is 0.684. The Morgan fingerprint density at radius 2 is 1.30 bits per heavy atom. The summed E-state index contributed by atoms with van der Waals surface area (Å²) in [5.74, 6) is -4.34. The number of nitrogens with two attached hydrogens (primary N) is 2. The number of carboxylic acids is 2. The molecule has 0 unspecified atom stereocenters. The molecule has 2 atom stereocenters. The van der Waals surface area contributed by atoms with Crippen LogP contribution in [0.4, 0.5) is 0 Å². The molecule has 0 aromatic carbocycles. The van der Waals surface area contributed by atoms with Crippen LogP contribution < -0.4 is 32.7 Å². The van der Waals surface area contributed by atoms with Crippen molar-refractivity contribution in [2.75, 3.05) is 13.1 Å². The van der Waals surface area contributed by atoms with Crippen LogP contribution in [0.1, 0.15) is 57.8 Å². The molecule has 0 aliphatic rings. The first-order valence-electron chi connectivity index (χ1n) is 10.7. The summed E-state index contributed by atoms with van der Waals surface area (Å²) in [6.07, 6.45) is 3.64. The van der Waals surface area contributed by atoms with Crippen molar-refractivity contribution in [3.05, 3.63) is 0 Å². The minimum absolute atomic E-state index is 0.0248. The number of carbonyl (C=O) groups excluding carboxylic acids is 2. The Morgan fingerprint density at radius 1 is 0.758 bits per heavy atom. The molecule has 0 fully saturated rings. The molecule has 14 heteroatoms.